The Morgan fingerprint density at radius 2 is 1.63 bits per heavy atom. The van der Waals surface area contributed by atoms with E-state index in [2.05, 4.69) is 4.90 Å². The third-order valence-corrected chi connectivity index (χ3v) is 7.49. The summed E-state index contributed by atoms with van der Waals surface area (Å²) in [6.07, 6.45) is 1.59. The Morgan fingerprint density at radius 3 is 2.46 bits per heavy atom. The van der Waals surface area contributed by atoms with Crippen molar-refractivity contribution >= 4 is 22.6 Å². The minimum Gasteiger partial charge on any atom is -0.467 e. The van der Waals surface area contributed by atoms with Crippen molar-refractivity contribution in [2.75, 3.05) is 52.7 Å². The summed E-state index contributed by atoms with van der Waals surface area (Å²) in [6.45, 7) is 4.78. The van der Waals surface area contributed by atoms with Crippen LogP contribution in [0.25, 0.3) is 10.8 Å². The molecule has 3 aromatic carbocycles. The Kier molecular flexibility index (Phi) is 8.16. The van der Waals surface area contributed by atoms with Gasteiger partial charge in [-0.15, -0.1) is 0 Å². The van der Waals surface area contributed by atoms with E-state index >= 15 is 0 Å². The highest BCUT2D eigenvalue weighted by Gasteiger charge is 2.25. The van der Waals surface area contributed by atoms with E-state index in [1.165, 1.54) is 0 Å². The van der Waals surface area contributed by atoms with Crippen LogP contribution in [0.5, 0.6) is 11.5 Å². The molecule has 2 aliphatic rings. The number of benzene rings is 3. The summed E-state index contributed by atoms with van der Waals surface area (Å²) < 4.78 is 22.0. The fourth-order valence-corrected chi connectivity index (χ4v) is 5.19. The third-order valence-electron chi connectivity index (χ3n) is 7.49. The molecule has 0 atom stereocenters. The predicted octanol–water partition coefficient (Wildman–Crippen LogP) is 4.16. The molecule has 2 aliphatic heterocycles. The Bertz CT molecular complexity index is 1500. The monoisotopic (exact) mass is 555 g/mol. The lowest BCUT2D eigenvalue weighted by Crippen LogP contribution is -2.47. The largest absolute Gasteiger partial charge is 0.467 e. The Hall–Kier alpha value is -4.34. The maximum absolute atomic E-state index is 13.9. The van der Waals surface area contributed by atoms with E-state index in [1.807, 2.05) is 66.7 Å². The summed E-state index contributed by atoms with van der Waals surface area (Å²) in [5.74, 6) is 1.67. The van der Waals surface area contributed by atoms with Crippen molar-refractivity contribution in [1.29, 1.82) is 0 Å². The van der Waals surface area contributed by atoms with E-state index < -0.39 is 0 Å². The van der Waals surface area contributed by atoms with E-state index in [9.17, 15) is 9.59 Å². The number of rotatable bonds is 10. The number of amides is 2. The molecular weight excluding hydrogens is 522 g/mol. The first kappa shape index (κ1) is 26.9. The zero-order valence-electron chi connectivity index (χ0n) is 22.9. The zero-order valence-corrected chi connectivity index (χ0v) is 22.9. The molecule has 9 heteroatoms. The van der Waals surface area contributed by atoms with Crippen LogP contribution in [0.4, 0.5) is 0 Å². The smallest absolute Gasteiger partial charge is 0.254 e. The highest BCUT2D eigenvalue weighted by Crippen LogP contribution is 2.33. The number of hydrogen-bond acceptors (Lipinski definition) is 7. The van der Waals surface area contributed by atoms with E-state index in [-0.39, 0.29) is 31.7 Å². The van der Waals surface area contributed by atoms with Gasteiger partial charge in [0.1, 0.15) is 12.3 Å². The second-order valence-corrected chi connectivity index (χ2v) is 10.3. The number of hydrogen-bond donors (Lipinski definition) is 0. The lowest BCUT2D eigenvalue weighted by atomic mass is 10.1. The SMILES string of the molecule is O=C(CN(CCN1CCOCC1)C(=O)c1ccc2ccccc2c1)N(Cc1ccc2c(c1)OCO2)Cc1ccco1. The van der Waals surface area contributed by atoms with Gasteiger partial charge in [-0.1, -0.05) is 36.4 Å². The van der Waals surface area contributed by atoms with Crippen molar-refractivity contribution in [2.45, 2.75) is 13.1 Å². The molecule has 3 heterocycles. The van der Waals surface area contributed by atoms with Crippen LogP contribution in [0, 0.1) is 0 Å². The van der Waals surface area contributed by atoms with Crippen LogP contribution in [-0.2, 0) is 22.6 Å². The molecule has 1 aromatic heterocycles. The minimum absolute atomic E-state index is 0.0543. The van der Waals surface area contributed by atoms with E-state index in [1.54, 1.807) is 22.1 Å². The first-order chi connectivity index (χ1) is 20.1. The fourth-order valence-electron chi connectivity index (χ4n) is 5.19. The molecule has 6 rings (SSSR count). The average Bonchev–Trinajstić information content (AvgIpc) is 3.71. The maximum Gasteiger partial charge on any atom is 0.254 e. The standard InChI is InChI=1S/C32H33N3O6/c36-31(35(21-28-6-3-15-39-28)20-24-7-10-29-30(18-24)41-23-40-29)22-34(12-11-33-13-16-38-17-14-33)32(37)27-9-8-25-4-1-2-5-26(25)19-27/h1-10,15,18-19H,11-14,16-17,20-23H2. The molecule has 1 saturated heterocycles. The summed E-state index contributed by atoms with van der Waals surface area (Å²) in [6, 6.07) is 22.9. The van der Waals surface area contributed by atoms with E-state index in [0.29, 0.717) is 55.7 Å². The van der Waals surface area contributed by atoms with Gasteiger partial charge < -0.3 is 28.4 Å². The number of carbonyl (C=O) groups is 2. The Labute approximate surface area is 238 Å². The highest BCUT2D eigenvalue weighted by molar-refractivity contribution is 6.00. The normalized spacial score (nSPS) is 14.7. The van der Waals surface area contributed by atoms with E-state index in [0.717, 1.165) is 29.4 Å². The quantitative estimate of drug-likeness (QED) is 0.291. The van der Waals surface area contributed by atoms with Gasteiger partial charge in [-0.05, 0) is 52.7 Å². The molecule has 2 amide bonds. The fraction of sp³-hybridized carbons (Fsp3) is 0.312. The summed E-state index contributed by atoms with van der Waals surface area (Å²) >= 11 is 0. The van der Waals surface area contributed by atoms with Gasteiger partial charge in [-0.2, -0.15) is 0 Å². The first-order valence-corrected chi connectivity index (χ1v) is 13.9. The topological polar surface area (TPSA) is 84.7 Å². The van der Waals surface area contributed by atoms with Crippen LogP contribution in [-0.4, -0.2) is 79.2 Å². The molecule has 0 spiro atoms. The number of carbonyl (C=O) groups excluding carboxylic acids is 2. The number of nitrogens with zero attached hydrogens (tertiary/aromatic N) is 3. The minimum atomic E-state index is -0.171. The van der Waals surface area contributed by atoms with Crippen LogP contribution in [0.15, 0.2) is 83.5 Å². The lowest BCUT2D eigenvalue weighted by Gasteiger charge is -2.31. The van der Waals surface area contributed by atoms with E-state index in [4.69, 9.17) is 18.6 Å². The summed E-state index contributed by atoms with van der Waals surface area (Å²) in [4.78, 5) is 33.4. The molecule has 41 heavy (non-hydrogen) atoms. The van der Waals surface area contributed by atoms with Gasteiger partial charge in [0.2, 0.25) is 12.7 Å². The average molecular weight is 556 g/mol. The van der Waals surface area contributed by atoms with Crippen molar-refractivity contribution in [3.8, 4) is 11.5 Å². The van der Waals surface area contributed by atoms with Crippen LogP contribution in [0.1, 0.15) is 21.7 Å². The van der Waals surface area contributed by atoms with Gasteiger partial charge in [0.05, 0.1) is 26.0 Å². The molecule has 0 radical (unpaired) electrons. The van der Waals surface area contributed by atoms with Crippen LogP contribution in [0.3, 0.4) is 0 Å². The summed E-state index contributed by atoms with van der Waals surface area (Å²) in [5, 5.41) is 2.05. The predicted molar refractivity (Wildman–Crippen MR) is 153 cm³/mol. The van der Waals surface area contributed by atoms with Crippen molar-refractivity contribution in [2.24, 2.45) is 0 Å². The second-order valence-electron chi connectivity index (χ2n) is 10.3. The van der Waals surface area contributed by atoms with Gasteiger partial charge in [-0.25, -0.2) is 0 Å². The molecule has 4 aromatic rings. The highest BCUT2D eigenvalue weighted by atomic mass is 16.7. The number of morpholine rings is 1. The van der Waals surface area contributed by atoms with Crippen molar-refractivity contribution < 1.29 is 28.2 Å². The second kappa shape index (κ2) is 12.4. The molecule has 1 fully saturated rings. The summed E-state index contributed by atoms with van der Waals surface area (Å²) in [5.41, 5.74) is 1.46. The Balaban J connectivity index is 1.23. The molecule has 0 bridgehead atoms. The molecular formula is C32H33N3O6. The van der Waals surface area contributed by atoms with Gasteiger partial charge >= 0.3 is 0 Å². The van der Waals surface area contributed by atoms with Crippen molar-refractivity contribution in [1.82, 2.24) is 14.7 Å². The molecule has 0 saturated carbocycles. The Morgan fingerprint density at radius 1 is 0.805 bits per heavy atom. The number of ether oxygens (including phenoxy) is 3. The number of furan rings is 1. The van der Waals surface area contributed by atoms with Gasteiger partial charge in [0, 0.05) is 38.3 Å². The molecule has 0 N–H and O–H groups in total. The number of fused-ring (bicyclic) bond motifs is 2. The van der Waals surface area contributed by atoms with Crippen LogP contribution >= 0.6 is 0 Å². The van der Waals surface area contributed by atoms with Crippen molar-refractivity contribution in [3.05, 3.63) is 95.9 Å². The molecule has 0 unspecified atom stereocenters. The lowest BCUT2D eigenvalue weighted by molar-refractivity contribution is -0.133. The maximum atomic E-state index is 13.9. The summed E-state index contributed by atoms with van der Waals surface area (Å²) in [7, 11) is 0. The van der Waals surface area contributed by atoms with Crippen molar-refractivity contribution in [3.63, 3.8) is 0 Å². The third kappa shape index (κ3) is 6.53. The zero-order chi connectivity index (χ0) is 28.0. The van der Waals surface area contributed by atoms with Gasteiger partial charge in [0.25, 0.3) is 5.91 Å². The van der Waals surface area contributed by atoms with Gasteiger partial charge in [0.15, 0.2) is 11.5 Å². The first-order valence-electron chi connectivity index (χ1n) is 13.9. The molecule has 0 aliphatic carbocycles. The molecule has 212 valence electrons. The van der Waals surface area contributed by atoms with Crippen LogP contribution in [0.2, 0.25) is 0 Å². The van der Waals surface area contributed by atoms with Gasteiger partial charge in [-0.3, -0.25) is 14.5 Å². The molecule has 9 nitrogen and oxygen atoms in total. The van der Waals surface area contributed by atoms with Crippen LogP contribution < -0.4 is 9.47 Å².